The number of aliphatic imine (C=N–C) groups is 1. The van der Waals surface area contributed by atoms with Gasteiger partial charge in [-0.1, -0.05) is 27.2 Å². The molecule has 2 N–H and O–H groups in total. The third kappa shape index (κ3) is 6.72. The Kier molecular flexibility index (Phi) is 9.41. The average Bonchev–Trinajstić information content (AvgIpc) is 3.05. The number of aryl methyl sites for hydroxylation is 1. The lowest BCUT2D eigenvalue weighted by Crippen LogP contribution is -2.50. The van der Waals surface area contributed by atoms with Crippen molar-refractivity contribution in [1.82, 2.24) is 30.3 Å². The Hall–Kier alpha value is -2.12. The summed E-state index contributed by atoms with van der Waals surface area (Å²) in [5.74, 6) is 3.05. The van der Waals surface area contributed by atoms with Gasteiger partial charge < -0.3 is 20.1 Å². The molecule has 0 atom stereocenters. The number of unbranched alkanes of at least 4 members (excludes halogenated alkanes) is 1. The second-order valence-electron chi connectivity index (χ2n) is 7.92. The van der Waals surface area contributed by atoms with Crippen molar-refractivity contribution < 1.29 is 4.79 Å². The molecule has 1 aromatic rings. The van der Waals surface area contributed by atoms with Gasteiger partial charge in [-0.25, -0.2) is 4.99 Å². The van der Waals surface area contributed by atoms with Crippen molar-refractivity contribution in [3.63, 3.8) is 0 Å². The van der Waals surface area contributed by atoms with Gasteiger partial charge in [0.05, 0.1) is 0 Å². The van der Waals surface area contributed by atoms with Gasteiger partial charge >= 0.3 is 0 Å². The van der Waals surface area contributed by atoms with Gasteiger partial charge in [0.2, 0.25) is 5.91 Å². The molecular weight excluding hydrogens is 366 g/mol. The van der Waals surface area contributed by atoms with Gasteiger partial charge in [-0.2, -0.15) is 0 Å². The summed E-state index contributed by atoms with van der Waals surface area (Å²) in [6, 6.07) is 0.329. The Morgan fingerprint density at radius 1 is 1.21 bits per heavy atom. The molecule has 1 amide bonds. The highest BCUT2D eigenvalue weighted by Crippen LogP contribution is 2.17. The van der Waals surface area contributed by atoms with E-state index in [1.165, 1.54) is 0 Å². The van der Waals surface area contributed by atoms with Gasteiger partial charge in [-0.15, -0.1) is 10.2 Å². The second kappa shape index (κ2) is 11.8. The predicted octanol–water partition coefficient (Wildman–Crippen LogP) is 2.39. The van der Waals surface area contributed by atoms with Crippen LogP contribution in [0.1, 0.15) is 70.9 Å². The lowest BCUT2D eigenvalue weighted by Gasteiger charge is -2.35. The van der Waals surface area contributed by atoms with Crippen molar-refractivity contribution in [2.75, 3.05) is 19.6 Å². The molecule has 164 valence electrons. The van der Waals surface area contributed by atoms with Crippen LogP contribution in [-0.2, 0) is 18.4 Å². The third-order valence-electron chi connectivity index (χ3n) is 5.87. The van der Waals surface area contributed by atoms with E-state index in [0.717, 1.165) is 75.8 Å². The van der Waals surface area contributed by atoms with Gasteiger partial charge in [-0.05, 0) is 39.0 Å². The fraction of sp³-hybridized carbons (Fsp3) is 0.810. The van der Waals surface area contributed by atoms with Crippen LogP contribution in [0, 0.1) is 12.8 Å². The maximum absolute atomic E-state index is 12.6. The first-order valence-corrected chi connectivity index (χ1v) is 11.2. The number of rotatable bonds is 9. The minimum atomic E-state index is 0.169. The van der Waals surface area contributed by atoms with Gasteiger partial charge in [0.25, 0.3) is 0 Å². The summed E-state index contributed by atoms with van der Waals surface area (Å²) in [5, 5.41) is 15.3. The van der Waals surface area contributed by atoms with E-state index in [9.17, 15) is 4.79 Å². The number of carbonyl (C=O) groups excluding carboxylic acids is 1. The standard InChI is InChI=1S/C21H39N7O/c1-6-9-12-22-21(23-15-19-26-25-16(4)27(19)5)24-18-10-13-28(14-11-18)20(29)17(7-2)8-3/h17-18H,6-15H2,1-5H3,(H2,22,23,24). The number of hydrogen-bond acceptors (Lipinski definition) is 4. The molecule has 0 bridgehead atoms. The van der Waals surface area contributed by atoms with E-state index in [4.69, 9.17) is 4.99 Å². The Morgan fingerprint density at radius 2 is 1.90 bits per heavy atom. The lowest BCUT2D eigenvalue weighted by molar-refractivity contribution is -0.136. The summed E-state index contributed by atoms with van der Waals surface area (Å²) >= 11 is 0. The van der Waals surface area contributed by atoms with Crippen molar-refractivity contribution in [3.05, 3.63) is 11.6 Å². The normalized spacial score (nSPS) is 15.8. The van der Waals surface area contributed by atoms with E-state index in [0.29, 0.717) is 18.5 Å². The summed E-state index contributed by atoms with van der Waals surface area (Å²) < 4.78 is 1.97. The van der Waals surface area contributed by atoms with Gasteiger partial charge in [0, 0.05) is 38.6 Å². The molecule has 1 saturated heterocycles. The zero-order valence-corrected chi connectivity index (χ0v) is 18.9. The molecule has 0 unspecified atom stereocenters. The van der Waals surface area contributed by atoms with Crippen molar-refractivity contribution in [2.45, 2.75) is 78.8 Å². The molecule has 8 nitrogen and oxygen atoms in total. The lowest BCUT2D eigenvalue weighted by atomic mass is 9.98. The number of aromatic nitrogens is 3. The van der Waals surface area contributed by atoms with Crippen molar-refractivity contribution in [1.29, 1.82) is 0 Å². The second-order valence-corrected chi connectivity index (χ2v) is 7.92. The van der Waals surface area contributed by atoms with E-state index in [2.05, 4.69) is 41.6 Å². The fourth-order valence-corrected chi connectivity index (χ4v) is 3.61. The highest BCUT2D eigenvalue weighted by molar-refractivity contribution is 5.80. The molecule has 0 spiro atoms. The van der Waals surface area contributed by atoms with Gasteiger partial charge in [0.15, 0.2) is 11.8 Å². The van der Waals surface area contributed by atoms with Gasteiger partial charge in [-0.3, -0.25) is 4.79 Å². The zero-order chi connectivity index (χ0) is 21.2. The molecule has 2 rings (SSSR count). The monoisotopic (exact) mass is 405 g/mol. The molecule has 8 heteroatoms. The average molecular weight is 406 g/mol. The first-order valence-electron chi connectivity index (χ1n) is 11.2. The number of amides is 1. The number of nitrogens with one attached hydrogen (secondary N) is 2. The maximum Gasteiger partial charge on any atom is 0.225 e. The topological polar surface area (TPSA) is 87.4 Å². The number of likely N-dealkylation sites (tertiary alicyclic amines) is 1. The van der Waals surface area contributed by atoms with Crippen LogP contribution >= 0.6 is 0 Å². The van der Waals surface area contributed by atoms with Crippen LogP contribution in [0.15, 0.2) is 4.99 Å². The minimum absolute atomic E-state index is 0.169. The highest BCUT2D eigenvalue weighted by atomic mass is 16.2. The van der Waals surface area contributed by atoms with Crippen LogP contribution in [0.3, 0.4) is 0 Å². The number of carbonyl (C=O) groups is 1. The Balaban J connectivity index is 1.92. The van der Waals surface area contributed by atoms with E-state index in [1.807, 2.05) is 23.4 Å². The van der Waals surface area contributed by atoms with Gasteiger partial charge in [0.1, 0.15) is 12.4 Å². The molecule has 0 radical (unpaired) electrons. The molecule has 1 aromatic heterocycles. The molecule has 1 aliphatic rings. The molecule has 0 aliphatic carbocycles. The molecule has 29 heavy (non-hydrogen) atoms. The summed E-state index contributed by atoms with van der Waals surface area (Å²) in [6.07, 6.45) is 5.98. The third-order valence-corrected chi connectivity index (χ3v) is 5.87. The summed E-state index contributed by atoms with van der Waals surface area (Å²) in [5.41, 5.74) is 0. The summed E-state index contributed by atoms with van der Waals surface area (Å²) in [6.45, 7) is 11.3. The van der Waals surface area contributed by atoms with Crippen molar-refractivity contribution in [2.24, 2.45) is 18.0 Å². The first-order chi connectivity index (χ1) is 14.0. The molecular formula is C21H39N7O. The Labute approximate surface area is 175 Å². The van der Waals surface area contributed by atoms with E-state index >= 15 is 0 Å². The minimum Gasteiger partial charge on any atom is -0.356 e. The quantitative estimate of drug-likeness (QED) is 0.374. The summed E-state index contributed by atoms with van der Waals surface area (Å²) in [7, 11) is 1.96. The van der Waals surface area contributed by atoms with E-state index in [-0.39, 0.29) is 5.92 Å². The SMILES string of the molecule is CCCCNC(=NCc1nnc(C)n1C)NC1CCN(C(=O)C(CC)CC)CC1. The molecule has 1 aliphatic heterocycles. The van der Waals surface area contributed by atoms with E-state index in [1.54, 1.807) is 0 Å². The van der Waals surface area contributed by atoms with Crippen LogP contribution in [0.4, 0.5) is 0 Å². The van der Waals surface area contributed by atoms with E-state index < -0.39 is 0 Å². The van der Waals surface area contributed by atoms with Crippen LogP contribution in [0.5, 0.6) is 0 Å². The maximum atomic E-state index is 12.6. The molecule has 0 saturated carbocycles. The van der Waals surface area contributed by atoms with Crippen LogP contribution in [-0.4, -0.2) is 57.2 Å². The fourth-order valence-electron chi connectivity index (χ4n) is 3.61. The number of hydrogen-bond donors (Lipinski definition) is 2. The highest BCUT2D eigenvalue weighted by Gasteiger charge is 2.26. The molecule has 2 heterocycles. The smallest absolute Gasteiger partial charge is 0.225 e. The molecule has 1 fully saturated rings. The number of piperidine rings is 1. The molecule has 0 aromatic carbocycles. The number of nitrogens with zero attached hydrogens (tertiary/aromatic N) is 5. The number of guanidine groups is 1. The van der Waals surface area contributed by atoms with Crippen LogP contribution in [0.25, 0.3) is 0 Å². The van der Waals surface area contributed by atoms with Crippen molar-refractivity contribution >= 4 is 11.9 Å². The Morgan fingerprint density at radius 3 is 2.45 bits per heavy atom. The van der Waals surface area contributed by atoms with Crippen LogP contribution in [0.2, 0.25) is 0 Å². The Bertz CT molecular complexity index is 658. The van der Waals surface area contributed by atoms with Crippen molar-refractivity contribution in [3.8, 4) is 0 Å². The predicted molar refractivity (Wildman–Crippen MR) is 117 cm³/mol. The largest absolute Gasteiger partial charge is 0.356 e. The van der Waals surface area contributed by atoms with Crippen LogP contribution < -0.4 is 10.6 Å². The summed E-state index contributed by atoms with van der Waals surface area (Å²) in [4.78, 5) is 19.4. The zero-order valence-electron chi connectivity index (χ0n) is 18.9. The first kappa shape index (κ1) is 23.2.